The van der Waals surface area contributed by atoms with Crippen LogP contribution in [0.4, 0.5) is 0 Å². The Labute approximate surface area is 76.9 Å². The molecule has 0 aromatic rings. The summed E-state index contributed by atoms with van der Waals surface area (Å²) in [6, 6.07) is 0. The van der Waals surface area contributed by atoms with Gasteiger partial charge in [0.25, 0.3) is 0 Å². The topological polar surface area (TPSA) is 79.2 Å². The zero-order valence-corrected chi connectivity index (χ0v) is 8.02. The summed E-state index contributed by atoms with van der Waals surface area (Å²) in [4.78, 5) is 0. The molecule has 0 bridgehead atoms. The van der Waals surface area contributed by atoms with Crippen LogP contribution in [0.25, 0.3) is 0 Å². The fraction of sp³-hybridized carbons (Fsp3) is 1.00. The van der Waals surface area contributed by atoms with Gasteiger partial charge in [0.1, 0.15) is 17.3 Å². The van der Waals surface area contributed by atoms with Crippen molar-refractivity contribution in [3.05, 3.63) is 0 Å². The van der Waals surface area contributed by atoms with Crippen LogP contribution in [0.2, 0.25) is 0 Å². The van der Waals surface area contributed by atoms with Crippen molar-refractivity contribution in [2.45, 2.75) is 37.4 Å². The Hall–Kier alpha value is -0.200. The summed E-state index contributed by atoms with van der Waals surface area (Å²) in [6.45, 7) is 2.77. The van der Waals surface area contributed by atoms with Gasteiger partial charge in [0.2, 0.25) is 0 Å². The van der Waals surface area contributed by atoms with E-state index >= 15 is 0 Å². The van der Waals surface area contributed by atoms with Crippen LogP contribution in [-0.2, 0) is 9.47 Å². The molecule has 0 spiro atoms. The molecule has 13 heavy (non-hydrogen) atoms. The first-order valence-electron chi connectivity index (χ1n) is 4.11. The van der Waals surface area contributed by atoms with E-state index in [0.29, 0.717) is 0 Å². The molecule has 0 aliphatic carbocycles. The molecular formula is C8H16O5. The third kappa shape index (κ3) is 1.47. The van der Waals surface area contributed by atoms with Gasteiger partial charge in [-0.05, 0) is 13.8 Å². The average Bonchev–Trinajstić information content (AvgIpc) is 2.02. The molecule has 1 aliphatic rings. The highest BCUT2D eigenvalue weighted by Gasteiger charge is 2.56. The summed E-state index contributed by atoms with van der Waals surface area (Å²) in [7, 11) is 1.41. The normalized spacial score (nSPS) is 52.2. The molecule has 1 heterocycles. The summed E-state index contributed by atoms with van der Waals surface area (Å²) in [5, 5.41) is 29.0. The lowest BCUT2D eigenvalue weighted by atomic mass is 9.79. The number of hydrogen-bond donors (Lipinski definition) is 3. The van der Waals surface area contributed by atoms with Crippen LogP contribution in [0, 0.1) is 0 Å². The Bertz CT molecular complexity index is 189. The Morgan fingerprint density at radius 1 is 1.31 bits per heavy atom. The van der Waals surface area contributed by atoms with Gasteiger partial charge in [-0.25, -0.2) is 0 Å². The van der Waals surface area contributed by atoms with Crippen molar-refractivity contribution in [3.8, 4) is 0 Å². The monoisotopic (exact) mass is 192 g/mol. The Kier molecular flexibility index (Phi) is 2.66. The van der Waals surface area contributed by atoms with E-state index in [1.807, 2.05) is 0 Å². The molecule has 5 nitrogen and oxygen atoms in total. The van der Waals surface area contributed by atoms with Gasteiger partial charge in [-0.2, -0.15) is 0 Å². The second-order valence-electron chi connectivity index (χ2n) is 3.71. The van der Waals surface area contributed by atoms with Crippen LogP contribution in [0.5, 0.6) is 0 Å². The van der Waals surface area contributed by atoms with E-state index in [-0.39, 0.29) is 6.61 Å². The van der Waals surface area contributed by atoms with Crippen LogP contribution in [0.3, 0.4) is 0 Å². The van der Waals surface area contributed by atoms with Crippen molar-refractivity contribution in [2.24, 2.45) is 0 Å². The molecule has 0 saturated carbocycles. The molecule has 0 aromatic carbocycles. The van der Waals surface area contributed by atoms with E-state index < -0.39 is 23.6 Å². The third-order valence-corrected chi connectivity index (χ3v) is 2.82. The smallest absolute Gasteiger partial charge is 0.186 e. The number of ether oxygens (including phenoxy) is 2. The first-order valence-corrected chi connectivity index (χ1v) is 4.11. The van der Waals surface area contributed by atoms with Crippen LogP contribution < -0.4 is 0 Å². The van der Waals surface area contributed by atoms with Crippen molar-refractivity contribution in [1.29, 1.82) is 0 Å². The maximum atomic E-state index is 9.92. The molecule has 5 heteroatoms. The maximum absolute atomic E-state index is 9.92. The lowest BCUT2D eigenvalue weighted by molar-refractivity contribution is -0.332. The maximum Gasteiger partial charge on any atom is 0.186 e. The Morgan fingerprint density at radius 3 is 2.31 bits per heavy atom. The van der Waals surface area contributed by atoms with Crippen molar-refractivity contribution in [2.75, 3.05) is 13.7 Å². The highest BCUT2D eigenvalue weighted by atomic mass is 16.6. The summed E-state index contributed by atoms with van der Waals surface area (Å²) < 4.78 is 9.80. The van der Waals surface area contributed by atoms with Gasteiger partial charge in [-0.1, -0.05) is 0 Å². The molecule has 4 atom stereocenters. The molecule has 1 rings (SSSR count). The predicted molar refractivity (Wildman–Crippen MR) is 44.0 cm³/mol. The summed E-state index contributed by atoms with van der Waals surface area (Å²) in [5.41, 5.74) is -3.26. The molecule has 0 radical (unpaired) electrons. The Balaban J connectivity index is 2.92. The summed E-state index contributed by atoms with van der Waals surface area (Å²) >= 11 is 0. The van der Waals surface area contributed by atoms with E-state index in [0.717, 1.165) is 0 Å². The highest BCUT2D eigenvalue weighted by Crippen LogP contribution is 2.34. The predicted octanol–water partition coefficient (Wildman–Crippen LogP) is -1.15. The number of aliphatic hydroxyl groups is 3. The minimum absolute atomic E-state index is 0.0564. The fourth-order valence-corrected chi connectivity index (χ4v) is 1.38. The van der Waals surface area contributed by atoms with E-state index in [1.54, 1.807) is 0 Å². The Morgan fingerprint density at radius 2 is 1.85 bits per heavy atom. The van der Waals surface area contributed by atoms with Gasteiger partial charge >= 0.3 is 0 Å². The van der Waals surface area contributed by atoms with Gasteiger partial charge in [0, 0.05) is 7.11 Å². The number of hydrogen-bond acceptors (Lipinski definition) is 5. The van der Waals surface area contributed by atoms with Gasteiger partial charge in [0.05, 0.1) is 6.61 Å². The molecule has 1 fully saturated rings. The molecule has 1 aliphatic heterocycles. The van der Waals surface area contributed by atoms with Crippen LogP contribution >= 0.6 is 0 Å². The van der Waals surface area contributed by atoms with Crippen molar-refractivity contribution in [1.82, 2.24) is 0 Å². The van der Waals surface area contributed by atoms with Gasteiger partial charge < -0.3 is 24.8 Å². The quantitative estimate of drug-likeness (QED) is 0.489. The summed E-state index contributed by atoms with van der Waals surface area (Å²) in [5.74, 6) is 0. The third-order valence-electron chi connectivity index (χ3n) is 2.82. The number of rotatable bonds is 1. The average molecular weight is 192 g/mol. The molecule has 0 aromatic heterocycles. The standard InChI is InChI=1S/C8H16O5/c1-7(10)5(12-3)4-13-6(9)8(7,2)11/h5-6,9-11H,4H2,1-3H3/t5-,6?,7+,8+/m1/s1. The van der Waals surface area contributed by atoms with Crippen LogP contribution in [-0.4, -0.2) is 52.6 Å². The highest BCUT2D eigenvalue weighted by molar-refractivity contribution is 5.03. The van der Waals surface area contributed by atoms with Gasteiger partial charge in [0.15, 0.2) is 6.29 Å². The summed E-state index contributed by atoms with van der Waals surface area (Å²) in [6.07, 6.45) is -2.04. The zero-order valence-electron chi connectivity index (χ0n) is 8.02. The lowest BCUT2D eigenvalue weighted by Crippen LogP contribution is -2.69. The minimum Gasteiger partial charge on any atom is -0.384 e. The van der Waals surface area contributed by atoms with E-state index in [9.17, 15) is 15.3 Å². The van der Waals surface area contributed by atoms with Crippen molar-refractivity contribution < 1.29 is 24.8 Å². The second kappa shape index (κ2) is 3.18. The zero-order chi connectivity index (χ0) is 10.3. The van der Waals surface area contributed by atoms with Gasteiger partial charge in [-0.15, -0.1) is 0 Å². The molecular weight excluding hydrogens is 176 g/mol. The minimum atomic E-state index is -1.73. The first-order chi connectivity index (χ1) is 5.84. The molecule has 3 N–H and O–H groups in total. The van der Waals surface area contributed by atoms with E-state index in [1.165, 1.54) is 21.0 Å². The number of aliphatic hydroxyl groups excluding tert-OH is 1. The fourth-order valence-electron chi connectivity index (χ4n) is 1.38. The van der Waals surface area contributed by atoms with Crippen LogP contribution in [0.15, 0.2) is 0 Å². The van der Waals surface area contributed by atoms with Gasteiger partial charge in [-0.3, -0.25) is 0 Å². The molecule has 0 amide bonds. The molecule has 1 saturated heterocycles. The first kappa shape index (κ1) is 10.9. The second-order valence-corrected chi connectivity index (χ2v) is 3.71. The van der Waals surface area contributed by atoms with Crippen LogP contribution in [0.1, 0.15) is 13.8 Å². The van der Waals surface area contributed by atoms with Crippen molar-refractivity contribution >= 4 is 0 Å². The molecule has 78 valence electrons. The van der Waals surface area contributed by atoms with E-state index in [2.05, 4.69) is 0 Å². The number of methoxy groups -OCH3 is 1. The largest absolute Gasteiger partial charge is 0.384 e. The van der Waals surface area contributed by atoms with Crippen molar-refractivity contribution in [3.63, 3.8) is 0 Å². The van der Waals surface area contributed by atoms with E-state index in [4.69, 9.17) is 9.47 Å². The lowest BCUT2D eigenvalue weighted by Gasteiger charge is -2.48. The SMILES string of the molecule is CO[C@@H]1COC(O)[C@](C)(O)[C@@]1(C)O. The molecule has 1 unspecified atom stereocenters.